The highest BCUT2D eigenvalue weighted by atomic mass is 15.3. The maximum Gasteiger partial charge on any atom is 0.0641 e. The molecule has 0 bridgehead atoms. The van der Waals surface area contributed by atoms with E-state index in [1.807, 2.05) is 0 Å². The first-order valence-corrected chi connectivity index (χ1v) is 6.62. The summed E-state index contributed by atoms with van der Waals surface area (Å²) in [7, 11) is 0. The average molecular weight is 236 g/mol. The molecule has 1 aromatic heterocycles. The van der Waals surface area contributed by atoms with E-state index in [2.05, 4.69) is 35.5 Å². The molecular formula is C13H24N4. The van der Waals surface area contributed by atoms with Crippen LogP contribution in [0.1, 0.15) is 36.7 Å². The summed E-state index contributed by atoms with van der Waals surface area (Å²) in [5.41, 5.74) is 9.89. The number of aromatic nitrogens is 2. The number of likely N-dealkylation sites (tertiary alicyclic amines) is 1. The van der Waals surface area contributed by atoms with E-state index in [9.17, 15) is 0 Å². The average Bonchev–Trinajstić information content (AvgIpc) is 2.56. The first-order valence-electron chi connectivity index (χ1n) is 6.62. The van der Waals surface area contributed by atoms with Crippen molar-refractivity contribution in [1.29, 1.82) is 0 Å². The lowest BCUT2D eigenvalue weighted by molar-refractivity contribution is 0.201. The molecular weight excluding hydrogens is 212 g/mol. The van der Waals surface area contributed by atoms with E-state index < -0.39 is 0 Å². The van der Waals surface area contributed by atoms with Crippen LogP contribution in [-0.2, 0) is 13.1 Å². The van der Waals surface area contributed by atoms with Crippen molar-refractivity contribution in [2.75, 3.05) is 13.1 Å². The zero-order valence-electron chi connectivity index (χ0n) is 11.2. The van der Waals surface area contributed by atoms with Crippen molar-refractivity contribution in [2.24, 2.45) is 5.73 Å². The number of hydrogen-bond acceptors (Lipinski definition) is 3. The number of piperidine rings is 1. The number of nitrogens with two attached hydrogens (primary N) is 1. The van der Waals surface area contributed by atoms with Crippen LogP contribution in [0.3, 0.4) is 0 Å². The molecule has 0 spiro atoms. The van der Waals surface area contributed by atoms with Crippen LogP contribution in [0.25, 0.3) is 0 Å². The smallest absolute Gasteiger partial charge is 0.0641 e. The second-order valence-corrected chi connectivity index (χ2v) is 5.10. The van der Waals surface area contributed by atoms with Gasteiger partial charge in [0.15, 0.2) is 0 Å². The summed E-state index contributed by atoms with van der Waals surface area (Å²) >= 11 is 0. The van der Waals surface area contributed by atoms with Crippen LogP contribution in [0.15, 0.2) is 0 Å². The Morgan fingerprint density at radius 2 is 2.18 bits per heavy atom. The SMILES string of the molecule is CCn1nc(C)c(CN2CCC[C@@H](N)C2)c1C. The van der Waals surface area contributed by atoms with Gasteiger partial charge in [0.25, 0.3) is 0 Å². The molecule has 1 aliphatic rings. The van der Waals surface area contributed by atoms with Crippen molar-refractivity contribution in [3.05, 3.63) is 17.0 Å². The first-order chi connectivity index (χ1) is 8.11. The molecule has 0 unspecified atom stereocenters. The third-order valence-electron chi connectivity index (χ3n) is 3.75. The summed E-state index contributed by atoms with van der Waals surface area (Å²) in [6.45, 7) is 10.6. The van der Waals surface area contributed by atoms with E-state index >= 15 is 0 Å². The van der Waals surface area contributed by atoms with E-state index in [0.29, 0.717) is 6.04 Å². The van der Waals surface area contributed by atoms with Gasteiger partial charge in [-0.3, -0.25) is 9.58 Å². The highest BCUT2D eigenvalue weighted by molar-refractivity contribution is 5.24. The third kappa shape index (κ3) is 2.69. The van der Waals surface area contributed by atoms with Crippen molar-refractivity contribution >= 4 is 0 Å². The fourth-order valence-corrected chi connectivity index (χ4v) is 2.73. The number of nitrogens with zero attached hydrogens (tertiary/aromatic N) is 3. The fourth-order valence-electron chi connectivity index (χ4n) is 2.73. The number of hydrogen-bond donors (Lipinski definition) is 1. The van der Waals surface area contributed by atoms with Crippen molar-refractivity contribution in [2.45, 2.75) is 52.7 Å². The third-order valence-corrected chi connectivity index (χ3v) is 3.75. The van der Waals surface area contributed by atoms with Gasteiger partial charge in [-0.15, -0.1) is 0 Å². The van der Waals surface area contributed by atoms with Crippen LogP contribution in [0.2, 0.25) is 0 Å². The minimum Gasteiger partial charge on any atom is -0.327 e. The van der Waals surface area contributed by atoms with E-state index in [1.54, 1.807) is 0 Å². The number of aryl methyl sites for hydroxylation is 2. The van der Waals surface area contributed by atoms with Crippen LogP contribution in [-0.4, -0.2) is 33.8 Å². The molecule has 96 valence electrons. The standard InChI is InChI=1S/C13H24N4/c1-4-17-11(3)13(10(2)15-17)9-16-7-5-6-12(14)8-16/h12H,4-9,14H2,1-3H3/t12-/m1/s1. The van der Waals surface area contributed by atoms with Gasteiger partial charge in [-0.05, 0) is 40.2 Å². The Kier molecular flexibility index (Phi) is 3.84. The predicted octanol–water partition coefficient (Wildman–Crippen LogP) is 1.44. The minimum absolute atomic E-state index is 0.352. The van der Waals surface area contributed by atoms with Crippen LogP contribution in [0.4, 0.5) is 0 Å². The molecule has 0 saturated carbocycles. The van der Waals surface area contributed by atoms with Crippen molar-refractivity contribution < 1.29 is 0 Å². The van der Waals surface area contributed by atoms with Gasteiger partial charge in [0, 0.05) is 36.9 Å². The van der Waals surface area contributed by atoms with Crippen molar-refractivity contribution in [3.8, 4) is 0 Å². The summed E-state index contributed by atoms with van der Waals surface area (Å²) < 4.78 is 2.09. The lowest BCUT2D eigenvalue weighted by Crippen LogP contribution is -2.42. The number of rotatable bonds is 3. The highest BCUT2D eigenvalue weighted by Crippen LogP contribution is 2.18. The highest BCUT2D eigenvalue weighted by Gasteiger charge is 2.19. The van der Waals surface area contributed by atoms with E-state index in [-0.39, 0.29) is 0 Å². The molecule has 1 fully saturated rings. The van der Waals surface area contributed by atoms with Gasteiger partial charge < -0.3 is 5.73 Å². The van der Waals surface area contributed by atoms with Gasteiger partial charge >= 0.3 is 0 Å². The molecule has 4 nitrogen and oxygen atoms in total. The molecule has 0 amide bonds. The first kappa shape index (κ1) is 12.6. The molecule has 1 aliphatic heterocycles. The Hall–Kier alpha value is -0.870. The summed E-state index contributed by atoms with van der Waals surface area (Å²) in [5.74, 6) is 0. The molecule has 2 N–H and O–H groups in total. The molecule has 4 heteroatoms. The molecule has 1 atom stereocenters. The summed E-state index contributed by atoms with van der Waals surface area (Å²) in [6.07, 6.45) is 2.39. The van der Waals surface area contributed by atoms with E-state index in [0.717, 1.165) is 19.6 Å². The van der Waals surface area contributed by atoms with Gasteiger partial charge in [-0.2, -0.15) is 5.10 Å². The molecule has 0 aromatic carbocycles. The molecule has 0 aliphatic carbocycles. The largest absolute Gasteiger partial charge is 0.327 e. The Balaban J connectivity index is 2.10. The Labute approximate surface area is 104 Å². The van der Waals surface area contributed by atoms with Gasteiger partial charge in [0.1, 0.15) is 0 Å². The van der Waals surface area contributed by atoms with Crippen LogP contribution in [0.5, 0.6) is 0 Å². The van der Waals surface area contributed by atoms with Crippen molar-refractivity contribution in [1.82, 2.24) is 14.7 Å². The topological polar surface area (TPSA) is 47.1 Å². The quantitative estimate of drug-likeness (QED) is 0.864. The van der Waals surface area contributed by atoms with Crippen LogP contribution < -0.4 is 5.73 Å². The van der Waals surface area contributed by atoms with Gasteiger partial charge in [0.05, 0.1) is 5.69 Å². The molecule has 2 heterocycles. The van der Waals surface area contributed by atoms with Crippen LogP contribution in [0, 0.1) is 13.8 Å². The Bertz CT molecular complexity index is 383. The molecule has 1 aromatic rings. The molecule has 0 radical (unpaired) electrons. The zero-order valence-corrected chi connectivity index (χ0v) is 11.2. The summed E-state index contributed by atoms with van der Waals surface area (Å²) in [5, 5.41) is 4.57. The molecule has 2 rings (SSSR count). The summed E-state index contributed by atoms with van der Waals surface area (Å²) in [4.78, 5) is 2.46. The summed E-state index contributed by atoms with van der Waals surface area (Å²) in [6, 6.07) is 0.352. The second kappa shape index (κ2) is 5.19. The maximum absolute atomic E-state index is 6.02. The minimum atomic E-state index is 0.352. The van der Waals surface area contributed by atoms with E-state index in [4.69, 9.17) is 5.73 Å². The lowest BCUT2D eigenvalue weighted by Gasteiger charge is -2.30. The Morgan fingerprint density at radius 1 is 1.41 bits per heavy atom. The van der Waals surface area contributed by atoms with Crippen molar-refractivity contribution in [3.63, 3.8) is 0 Å². The Morgan fingerprint density at radius 3 is 2.76 bits per heavy atom. The maximum atomic E-state index is 6.02. The van der Waals surface area contributed by atoms with Gasteiger partial charge in [-0.1, -0.05) is 0 Å². The normalized spacial score (nSPS) is 22.0. The second-order valence-electron chi connectivity index (χ2n) is 5.10. The molecule has 17 heavy (non-hydrogen) atoms. The van der Waals surface area contributed by atoms with E-state index in [1.165, 1.54) is 36.3 Å². The van der Waals surface area contributed by atoms with Gasteiger partial charge in [0.2, 0.25) is 0 Å². The fraction of sp³-hybridized carbons (Fsp3) is 0.769. The predicted molar refractivity (Wildman–Crippen MR) is 69.9 cm³/mol. The van der Waals surface area contributed by atoms with Gasteiger partial charge in [-0.25, -0.2) is 0 Å². The lowest BCUT2D eigenvalue weighted by atomic mass is 10.1. The monoisotopic (exact) mass is 236 g/mol. The van der Waals surface area contributed by atoms with Crippen LogP contribution >= 0.6 is 0 Å². The molecule has 1 saturated heterocycles. The zero-order chi connectivity index (χ0) is 12.4.